The fraction of sp³-hybridized carbons (Fsp3) is 0.190. The van der Waals surface area contributed by atoms with Crippen LogP contribution < -0.4 is 25.4 Å². The molecule has 8 heteroatoms. The van der Waals surface area contributed by atoms with Gasteiger partial charge in [-0.2, -0.15) is 0 Å². The molecule has 0 bridgehead atoms. The molecule has 0 saturated carbocycles. The molecule has 0 radical (unpaired) electrons. The highest BCUT2D eigenvalue weighted by Gasteiger charge is 2.35. The zero-order valence-electron chi connectivity index (χ0n) is 16.1. The minimum atomic E-state index is -0.550. The van der Waals surface area contributed by atoms with Gasteiger partial charge in [-0.05, 0) is 18.2 Å². The predicted molar refractivity (Wildman–Crippen MR) is 113 cm³/mol. The van der Waals surface area contributed by atoms with Gasteiger partial charge >= 0.3 is 0 Å². The Bertz CT molecular complexity index is 1130. The molecular weight excluding hydrogens is 388 g/mol. The second-order valence-electron chi connectivity index (χ2n) is 6.28. The average Bonchev–Trinajstić information content (AvgIpc) is 2.76. The lowest BCUT2D eigenvalue weighted by Gasteiger charge is -2.34. The first-order valence-electron chi connectivity index (χ1n) is 8.98. The lowest BCUT2D eigenvalue weighted by atomic mass is 10.1. The molecule has 0 unspecified atom stereocenters. The molecule has 1 atom stereocenters. The van der Waals surface area contributed by atoms with E-state index in [1.165, 1.54) is 11.8 Å². The van der Waals surface area contributed by atoms with Crippen LogP contribution in [0.2, 0.25) is 0 Å². The SMILES string of the molecule is C=CCSC1=NN2C(=c3ccccc3=N[C@@H]2c2ccc(OC)cc2OC)C(=O)N1. The second-order valence-corrected chi connectivity index (χ2v) is 7.29. The van der Waals surface area contributed by atoms with E-state index in [1.54, 1.807) is 31.4 Å². The number of hydrazone groups is 1. The van der Waals surface area contributed by atoms with Crippen molar-refractivity contribution >= 4 is 28.5 Å². The van der Waals surface area contributed by atoms with E-state index >= 15 is 0 Å². The summed E-state index contributed by atoms with van der Waals surface area (Å²) >= 11 is 1.40. The number of benzene rings is 2. The van der Waals surface area contributed by atoms with Crippen molar-refractivity contribution in [2.75, 3.05) is 20.0 Å². The van der Waals surface area contributed by atoms with Gasteiger partial charge in [0.2, 0.25) is 0 Å². The summed E-state index contributed by atoms with van der Waals surface area (Å²) < 4.78 is 10.9. The summed E-state index contributed by atoms with van der Waals surface area (Å²) in [5, 5.41) is 11.2. The van der Waals surface area contributed by atoms with Crippen molar-refractivity contribution in [3.63, 3.8) is 0 Å². The fourth-order valence-corrected chi connectivity index (χ4v) is 3.85. The molecule has 2 aromatic rings. The number of amidine groups is 1. The molecule has 2 aromatic carbocycles. The summed E-state index contributed by atoms with van der Waals surface area (Å²) in [6.45, 7) is 3.72. The molecule has 1 amide bonds. The molecule has 0 aromatic heterocycles. The molecule has 2 heterocycles. The Morgan fingerprint density at radius 3 is 2.83 bits per heavy atom. The number of nitrogens with one attached hydrogen (secondary N) is 1. The van der Waals surface area contributed by atoms with Crippen LogP contribution in [-0.4, -0.2) is 36.1 Å². The summed E-state index contributed by atoms with van der Waals surface area (Å²) in [4.78, 5) is 17.9. The van der Waals surface area contributed by atoms with Gasteiger partial charge in [-0.25, -0.2) is 5.01 Å². The Kier molecular flexibility index (Phi) is 5.26. The normalized spacial score (nSPS) is 17.4. The molecular formula is C21H20N4O3S. The molecule has 0 aliphatic carbocycles. The number of methoxy groups -OCH3 is 2. The molecule has 0 spiro atoms. The largest absolute Gasteiger partial charge is 0.497 e. The second kappa shape index (κ2) is 8.00. The van der Waals surface area contributed by atoms with E-state index in [2.05, 4.69) is 17.0 Å². The summed E-state index contributed by atoms with van der Waals surface area (Å²) in [6, 6.07) is 13.1. The molecule has 4 rings (SSSR count). The number of ether oxygens (including phenoxy) is 2. The summed E-state index contributed by atoms with van der Waals surface area (Å²) in [7, 11) is 3.20. The molecule has 29 heavy (non-hydrogen) atoms. The number of hydrogen-bond donors (Lipinski definition) is 1. The van der Waals surface area contributed by atoms with Crippen molar-refractivity contribution in [1.82, 2.24) is 10.3 Å². The fourth-order valence-electron chi connectivity index (χ4n) is 3.26. The van der Waals surface area contributed by atoms with Gasteiger partial charge in [0.05, 0.1) is 19.6 Å². The van der Waals surface area contributed by atoms with E-state index in [9.17, 15) is 4.79 Å². The maximum atomic E-state index is 13.0. The van der Waals surface area contributed by atoms with E-state index in [0.717, 1.165) is 16.1 Å². The minimum Gasteiger partial charge on any atom is -0.497 e. The van der Waals surface area contributed by atoms with Crippen LogP contribution in [-0.2, 0) is 4.79 Å². The van der Waals surface area contributed by atoms with Gasteiger partial charge in [0.15, 0.2) is 11.3 Å². The van der Waals surface area contributed by atoms with Crippen LogP contribution >= 0.6 is 11.8 Å². The Morgan fingerprint density at radius 2 is 2.07 bits per heavy atom. The first-order chi connectivity index (χ1) is 14.2. The van der Waals surface area contributed by atoms with E-state index in [4.69, 9.17) is 14.5 Å². The van der Waals surface area contributed by atoms with Crippen molar-refractivity contribution in [1.29, 1.82) is 0 Å². The van der Waals surface area contributed by atoms with E-state index in [0.29, 0.717) is 28.1 Å². The zero-order chi connectivity index (χ0) is 20.4. The number of fused-ring (bicyclic) bond motifs is 2. The maximum Gasteiger partial charge on any atom is 0.276 e. The highest BCUT2D eigenvalue weighted by atomic mass is 32.2. The summed E-state index contributed by atoms with van der Waals surface area (Å²) in [5.41, 5.74) is 1.24. The van der Waals surface area contributed by atoms with Gasteiger partial charge in [0, 0.05) is 22.6 Å². The van der Waals surface area contributed by atoms with Crippen molar-refractivity contribution in [2.24, 2.45) is 10.1 Å². The van der Waals surface area contributed by atoms with E-state index < -0.39 is 6.17 Å². The van der Waals surface area contributed by atoms with E-state index in [-0.39, 0.29) is 5.91 Å². The highest BCUT2D eigenvalue weighted by Crippen LogP contribution is 2.37. The number of nitrogens with zero attached hydrogens (tertiary/aromatic N) is 3. The van der Waals surface area contributed by atoms with Gasteiger partial charge in [0.25, 0.3) is 5.91 Å². The van der Waals surface area contributed by atoms with Gasteiger partial charge < -0.3 is 9.47 Å². The van der Waals surface area contributed by atoms with Crippen LogP contribution in [0.5, 0.6) is 11.5 Å². The third kappa shape index (κ3) is 3.47. The van der Waals surface area contributed by atoms with Crippen molar-refractivity contribution in [2.45, 2.75) is 6.17 Å². The molecule has 2 aliphatic rings. The Morgan fingerprint density at radius 1 is 1.24 bits per heavy atom. The monoisotopic (exact) mass is 408 g/mol. The first kappa shape index (κ1) is 19.1. The van der Waals surface area contributed by atoms with Crippen LogP contribution in [0.3, 0.4) is 0 Å². The summed E-state index contributed by atoms with van der Waals surface area (Å²) in [5.74, 6) is 1.70. The lowest BCUT2D eigenvalue weighted by Crippen LogP contribution is -2.50. The maximum absolute atomic E-state index is 13.0. The standard InChI is InChI=1S/C21H20N4O3S/c1-4-11-29-21-23-20(26)18-14-7-5-6-8-16(14)22-19(25(18)24-21)15-10-9-13(27-2)12-17(15)28-3/h4-10,12,19H,1,11H2,2-3H3,(H,23,24,26)/t19-/m0/s1. The average molecular weight is 408 g/mol. The highest BCUT2D eigenvalue weighted by molar-refractivity contribution is 8.14. The van der Waals surface area contributed by atoms with E-state index in [1.807, 2.05) is 36.4 Å². The molecule has 1 N–H and O–H groups in total. The van der Waals surface area contributed by atoms with Crippen LogP contribution in [0, 0.1) is 0 Å². The number of thioether (sulfide) groups is 1. The smallest absolute Gasteiger partial charge is 0.276 e. The topological polar surface area (TPSA) is 75.5 Å². The van der Waals surface area contributed by atoms with Crippen molar-refractivity contribution in [3.8, 4) is 11.5 Å². The number of para-hydroxylation sites is 1. The first-order valence-corrected chi connectivity index (χ1v) is 9.97. The predicted octanol–water partition coefficient (Wildman–Crippen LogP) is 1.77. The van der Waals surface area contributed by atoms with Crippen LogP contribution in [0.1, 0.15) is 11.7 Å². The number of amides is 1. The minimum absolute atomic E-state index is 0.216. The Hall–Kier alpha value is -3.26. The van der Waals surface area contributed by atoms with Gasteiger partial charge in [-0.15, -0.1) is 11.7 Å². The molecule has 0 fully saturated rings. The number of rotatable bonds is 5. The Labute approximate surface area is 172 Å². The van der Waals surface area contributed by atoms with Crippen LogP contribution in [0.4, 0.5) is 0 Å². The number of carbonyl (C=O) groups is 1. The zero-order valence-corrected chi connectivity index (χ0v) is 16.9. The third-order valence-corrected chi connectivity index (χ3v) is 5.43. The molecule has 0 saturated heterocycles. The van der Waals surface area contributed by atoms with Gasteiger partial charge in [0.1, 0.15) is 17.2 Å². The van der Waals surface area contributed by atoms with Gasteiger partial charge in [-0.1, -0.05) is 36.0 Å². The molecule has 2 aliphatic heterocycles. The van der Waals surface area contributed by atoms with Crippen LogP contribution in [0.25, 0.3) is 5.70 Å². The number of carbonyl (C=O) groups excluding carboxylic acids is 1. The summed E-state index contributed by atoms with van der Waals surface area (Å²) in [6.07, 6.45) is 1.21. The third-order valence-electron chi connectivity index (χ3n) is 4.57. The number of hydrogen-bond acceptors (Lipinski definition) is 7. The van der Waals surface area contributed by atoms with Crippen LogP contribution in [0.15, 0.2) is 65.2 Å². The van der Waals surface area contributed by atoms with Gasteiger partial charge in [-0.3, -0.25) is 15.1 Å². The van der Waals surface area contributed by atoms with Crippen molar-refractivity contribution in [3.05, 3.63) is 71.3 Å². The molecule has 148 valence electrons. The Balaban J connectivity index is 1.92. The van der Waals surface area contributed by atoms with Crippen molar-refractivity contribution < 1.29 is 14.3 Å². The quantitative estimate of drug-likeness (QED) is 0.763. The lowest BCUT2D eigenvalue weighted by molar-refractivity contribution is -0.116. The molecule has 7 nitrogen and oxygen atoms in total.